The molecule has 35 heavy (non-hydrogen) atoms. The van der Waals surface area contributed by atoms with Crippen molar-refractivity contribution in [1.82, 2.24) is 9.55 Å². The molecule has 0 radical (unpaired) electrons. The summed E-state index contributed by atoms with van der Waals surface area (Å²) in [4.78, 5) is 44.4. The van der Waals surface area contributed by atoms with Crippen molar-refractivity contribution in [3.63, 3.8) is 0 Å². The molecular weight excluding hydrogens is 444 g/mol. The van der Waals surface area contributed by atoms with Crippen LogP contribution >= 0.6 is 0 Å². The summed E-state index contributed by atoms with van der Waals surface area (Å²) in [7, 11) is 0. The van der Waals surface area contributed by atoms with Crippen LogP contribution in [0.5, 0.6) is 0 Å². The molecule has 2 heterocycles. The van der Waals surface area contributed by atoms with E-state index in [0.29, 0.717) is 55.5 Å². The highest BCUT2D eigenvalue weighted by Gasteiger charge is 2.28. The van der Waals surface area contributed by atoms with Gasteiger partial charge in [0.2, 0.25) is 5.91 Å². The minimum Gasteiger partial charge on any atom is -0.466 e. The molecule has 0 unspecified atom stereocenters. The van der Waals surface area contributed by atoms with Crippen LogP contribution in [0, 0.1) is 5.92 Å². The molecule has 0 bridgehead atoms. The molecule has 0 spiro atoms. The summed E-state index contributed by atoms with van der Waals surface area (Å²) in [5, 5.41) is 3.70. The molecular formula is C27H32N4O4. The van der Waals surface area contributed by atoms with Crippen LogP contribution in [-0.2, 0) is 20.9 Å². The van der Waals surface area contributed by atoms with E-state index in [2.05, 4.69) is 24.1 Å². The van der Waals surface area contributed by atoms with Crippen LogP contribution in [0.2, 0.25) is 0 Å². The second kappa shape index (κ2) is 10.7. The van der Waals surface area contributed by atoms with Gasteiger partial charge in [-0.25, -0.2) is 4.79 Å². The topological polar surface area (TPSA) is 93.5 Å². The molecule has 0 atom stereocenters. The summed E-state index contributed by atoms with van der Waals surface area (Å²) < 4.78 is 6.57. The number of piperidine rings is 1. The van der Waals surface area contributed by atoms with Crippen molar-refractivity contribution in [2.75, 3.05) is 29.9 Å². The Bertz CT molecular complexity index is 1280. The van der Waals surface area contributed by atoms with Crippen molar-refractivity contribution in [2.24, 2.45) is 5.92 Å². The highest BCUT2D eigenvalue weighted by atomic mass is 16.5. The van der Waals surface area contributed by atoms with Gasteiger partial charge in [-0.15, -0.1) is 0 Å². The Morgan fingerprint density at radius 1 is 1.11 bits per heavy atom. The van der Waals surface area contributed by atoms with E-state index < -0.39 is 5.69 Å². The first-order chi connectivity index (χ1) is 16.9. The second-order valence-electron chi connectivity index (χ2n) is 9.16. The van der Waals surface area contributed by atoms with Crippen LogP contribution in [0.1, 0.15) is 45.1 Å². The van der Waals surface area contributed by atoms with Gasteiger partial charge >= 0.3 is 11.7 Å². The first kappa shape index (κ1) is 24.4. The summed E-state index contributed by atoms with van der Waals surface area (Å²) in [6, 6.07) is 15.2. The van der Waals surface area contributed by atoms with Gasteiger partial charge in [-0.1, -0.05) is 38.1 Å². The number of rotatable bonds is 7. The summed E-state index contributed by atoms with van der Waals surface area (Å²) >= 11 is 0. The quantitative estimate of drug-likeness (QED) is 0.519. The standard InChI is InChI=1S/C27H32N4O4/c1-4-35-26(33)19-12-14-30(15-13-19)25-22-10-5-6-11-23(22)31(27(34)29-25)17-24(32)28-21-9-7-8-20(16-21)18(2)3/h5-11,16,18-19H,4,12-15,17H2,1-3H3,(H,28,32). The lowest BCUT2D eigenvalue weighted by atomic mass is 9.97. The molecule has 1 amide bonds. The molecule has 1 aliphatic heterocycles. The van der Waals surface area contributed by atoms with E-state index in [0.717, 1.165) is 10.9 Å². The zero-order valence-electron chi connectivity index (χ0n) is 20.5. The van der Waals surface area contributed by atoms with E-state index in [1.54, 1.807) is 6.92 Å². The van der Waals surface area contributed by atoms with Crippen LogP contribution in [-0.4, -0.2) is 41.1 Å². The number of ether oxygens (including phenoxy) is 1. The number of nitrogens with one attached hydrogen (secondary N) is 1. The number of hydrogen-bond acceptors (Lipinski definition) is 6. The van der Waals surface area contributed by atoms with Gasteiger partial charge in [-0.3, -0.25) is 14.2 Å². The van der Waals surface area contributed by atoms with Crippen LogP contribution in [0.25, 0.3) is 10.9 Å². The Balaban J connectivity index is 1.55. The van der Waals surface area contributed by atoms with Crippen LogP contribution in [0.4, 0.5) is 11.5 Å². The van der Waals surface area contributed by atoms with E-state index in [-0.39, 0.29) is 24.3 Å². The molecule has 1 aromatic heterocycles. The number of amides is 1. The number of carbonyl (C=O) groups excluding carboxylic acids is 2. The molecule has 2 aromatic carbocycles. The van der Waals surface area contributed by atoms with Gasteiger partial charge in [0.1, 0.15) is 12.4 Å². The maximum absolute atomic E-state index is 13.1. The lowest BCUT2D eigenvalue weighted by Gasteiger charge is -2.32. The molecule has 184 valence electrons. The average Bonchev–Trinajstić information content (AvgIpc) is 2.86. The van der Waals surface area contributed by atoms with Crippen molar-refractivity contribution in [1.29, 1.82) is 0 Å². The van der Waals surface area contributed by atoms with E-state index in [4.69, 9.17) is 4.74 Å². The van der Waals surface area contributed by atoms with Crippen molar-refractivity contribution in [2.45, 2.75) is 46.1 Å². The first-order valence-corrected chi connectivity index (χ1v) is 12.2. The molecule has 0 aliphatic carbocycles. The summed E-state index contributed by atoms with van der Waals surface area (Å²) in [5.41, 5.74) is 2.01. The third kappa shape index (κ3) is 5.53. The zero-order chi connectivity index (χ0) is 24.9. The van der Waals surface area contributed by atoms with Gasteiger partial charge in [0, 0.05) is 24.2 Å². The Morgan fingerprint density at radius 3 is 2.57 bits per heavy atom. The monoisotopic (exact) mass is 476 g/mol. The van der Waals surface area contributed by atoms with Gasteiger partial charge in [-0.2, -0.15) is 4.98 Å². The number of aromatic nitrogens is 2. The maximum atomic E-state index is 13.1. The number of nitrogens with zero attached hydrogens (tertiary/aromatic N) is 3. The Morgan fingerprint density at radius 2 is 1.86 bits per heavy atom. The van der Waals surface area contributed by atoms with Gasteiger partial charge in [0.25, 0.3) is 0 Å². The summed E-state index contributed by atoms with van der Waals surface area (Å²) in [5.74, 6) is 0.357. The Labute approximate surface area is 204 Å². The molecule has 0 saturated carbocycles. The highest BCUT2D eigenvalue weighted by molar-refractivity contribution is 5.94. The Kier molecular flexibility index (Phi) is 7.48. The number of esters is 1. The van der Waals surface area contributed by atoms with Crippen LogP contribution in [0.3, 0.4) is 0 Å². The zero-order valence-corrected chi connectivity index (χ0v) is 20.5. The third-order valence-electron chi connectivity index (χ3n) is 6.42. The molecule has 1 fully saturated rings. The minimum atomic E-state index is -0.475. The second-order valence-corrected chi connectivity index (χ2v) is 9.16. The molecule has 8 heteroatoms. The highest BCUT2D eigenvalue weighted by Crippen LogP contribution is 2.28. The lowest BCUT2D eigenvalue weighted by molar-refractivity contribution is -0.148. The van der Waals surface area contributed by atoms with Crippen molar-refractivity contribution >= 4 is 34.3 Å². The molecule has 3 aromatic rings. The molecule has 1 saturated heterocycles. The first-order valence-electron chi connectivity index (χ1n) is 12.2. The summed E-state index contributed by atoms with van der Waals surface area (Å²) in [6.45, 7) is 7.45. The molecule has 1 aliphatic rings. The lowest BCUT2D eigenvalue weighted by Crippen LogP contribution is -2.39. The fourth-order valence-corrected chi connectivity index (χ4v) is 4.51. The average molecular weight is 477 g/mol. The van der Waals surface area contributed by atoms with E-state index in [1.165, 1.54) is 4.57 Å². The molecule has 1 N–H and O–H groups in total. The van der Waals surface area contributed by atoms with Crippen molar-refractivity contribution < 1.29 is 14.3 Å². The van der Waals surface area contributed by atoms with Crippen molar-refractivity contribution in [3.8, 4) is 0 Å². The largest absolute Gasteiger partial charge is 0.466 e. The Hall–Kier alpha value is -3.68. The predicted molar refractivity (Wildman–Crippen MR) is 137 cm³/mol. The van der Waals surface area contributed by atoms with Crippen molar-refractivity contribution in [3.05, 3.63) is 64.6 Å². The smallest absolute Gasteiger partial charge is 0.350 e. The van der Waals surface area contributed by atoms with Gasteiger partial charge in [0.15, 0.2) is 0 Å². The number of benzene rings is 2. The number of para-hydroxylation sites is 1. The third-order valence-corrected chi connectivity index (χ3v) is 6.42. The van der Waals surface area contributed by atoms with E-state index >= 15 is 0 Å². The normalized spacial score (nSPS) is 14.3. The SMILES string of the molecule is CCOC(=O)C1CCN(c2nc(=O)n(CC(=O)Nc3cccc(C(C)C)c3)c3ccccc23)CC1. The van der Waals surface area contributed by atoms with Gasteiger partial charge in [-0.05, 0) is 55.5 Å². The van der Waals surface area contributed by atoms with E-state index in [1.807, 2.05) is 53.4 Å². The van der Waals surface area contributed by atoms with E-state index in [9.17, 15) is 14.4 Å². The van der Waals surface area contributed by atoms with Crippen LogP contribution < -0.4 is 15.9 Å². The van der Waals surface area contributed by atoms with Gasteiger partial charge in [0.05, 0.1) is 18.0 Å². The minimum absolute atomic E-state index is 0.129. The fourth-order valence-electron chi connectivity index (χ4n) is 4.51. The number of anilines is 2. The summed E-state index contributed by atoms with van der Waals surface area (Å²) in [6.07, 6.45) is 1.30. The van der Waals surface area contributed by atoms with Crippen LogP contribution in [0.15, 0.2) is 53.3 Å². The number of hydrogen-bond donors (Lipinski definition) is 1. The molecule has 8 nitrogen and oxygen atoms in total. The predicted octanol–water partition coefficient (Wildman–Crippen LogP) is 3.94. The fraction of sp³-hybridized carbons (Fsp3) is 0.407. The van der Waals surface area contributed by atoms with Gasteiger partial charge < -0.3 is 15.0 Å². The number of fused-ring (bicyclic) bond motifs is 1. The molecule has 4 rings (SSSR count). The number of carbonyl (C=O) groups is 2. The maximum Gasteiger partial charge on any atom is 0.350 e.